The van der Waals surface area contributed by atoms with E-state index < -0.39 is 0 Å². The molecule has 0 saturated carbocycles. The second-order valence-electron chi connectivity index (χ2n) is 4.93. The zero-order valence-corrected chi connectivity index (χ0v) is 11.6. The first-order valence-electron chi connectivity index (χ1n) is 6.57. The molecule has 2 aliphatic heterocycles. The van der Waals surface area contributed by atoms with Crippen LogP contribution < -0.4 is 9.47 Å². The highest BCUT2D eigenvalue weighted by atomic mass is 32.1. The third kappa shape index (κ3) is 2.81. The molecule has 0 bridgehead atoms. The van der Waals surface area contributed by atoms with Crippen LogP contribution in [-0.2, 0) is 11.2 Å². The molecule has 1 amide bonds. The van der Waals surface area contributed by atoms with Gasteiger partial charge in [-0.05, 0) is 24.1 Å². The van der Waals surface area contributed by atoms with Gasteiger partial charge in [0.15, 0.2) is 11.5 Å². The summed E-state index contributed by atoms with van der Waals surface area (Å²) in [6, 6.07) is 5.98. The van der Waals surface area contributed by atoms with Gasteiger partial charge in [0.2, 0.25) is 5.91 Å². The van der Waals surface area contributed by atoms with E-state index in [1.807, 2.05) is 23.1 Å². The molecule has 1 saturated heterocycles. The molecule has 102 valence electrons. The van der Waals surface area contributed by atoms with E-state index in [-0.39, 0.29) is 11.2 Å². The van der Waals surface area contributed by atoms with Crippen LogP contribution >= 0.6 is 12.6 Å². The van der Waals surface area contributed by atoms with Crippen LogP contribution in [0.4, 0.5) is 0 Å². The van der Waals surface area contributed by atoms with E-state index in [2.05, 4.69) is 12.6 Å². The number of carbonyl (C=O) groups is 1. The summed E-state index contributed by atoms with van der Waals surface area (Å²) in [7, 11) is 0. The fourth-order valence-corrected chi connectivity index (χ4v) is 2.83. The Hall–Kier alpha value is -1.36. The monoisotopic (exact) mass is 279 g/mol. The topological polar surface area (TPSA) is 38.8 Å². The molecule has 1 unspecified atom stereocenters. The van der Waals surface area contributed by atoms with E-state index in [9.17, 15) is 4.79 Å². The molecule has 4 nitrogen and oxygen atoms in total. The molecule has 5 heteroatoms. The third-order valence-corrected chi connectivity index (χ3v) is 3.82. The van der Waals surface area contributed by atoms with E-state index in [0.717, 1.165) is 31.0 Å². The van der Waals surface area contributed by atoms with Gasteiger partial charge in [-0.15, -0.1) is 0 Å². The van der Waals surface area contributed by atoms with E-state index in [0.29, 0.717) is 19.6 Å². The molecule has 2 aliphatic rings. The maximum absolute atomic E-state index is 11.7. The van der Waals surface area contributed by atoms with Crippen molar-refractivity contribution in [3.63, 3.8) is 0 Å². The van der Waals surface area contributed by atoms with Gasteiger partial charge in [0.05, 0.1) is 0 Å². The Bertz CT molecular complexity index is 492. The Morgan fingerprint density at radius 2 is 2.05 bits per heavy atom. The summed E-state index contributed by atoms with van der Waals surface area (Å²) in [5.74, 6) is 1.82. The number of likely N-dealkylation sites (tertiary alicyclic amines) is 1. The smallest absolute Gasteiger partial charge is 0.223 e. The number of ether oxygens (including phenoxy) is 2. The van der Waals surface area contributed by atoms with Gasteiger partial charge in [0.1, 0.15) is 13.2 Å². The van der Waals surface area contributed by atoms with Crippen LogP contribution in [0.1, 0.15) is 12.0 Å². The van der Waals surface area contributed by atoms with Crippen LogP contribution in [0.3, 0.4) is 0 Å². The van der Waals surface area contributed by atoms with Crippen molar-refractivity contribution >= 4 is 18.5 Å². The zero-order valence-electron chi connectivity index (χ0n) is 10.7. The van der Waals surface area contributed by atoms with Gasteiger partial charge >= 0.3 is 0 Å². The van der Waals surface area contributed by atoms with E-state index >= 15 is 0 Å². The van der Waals surface area contributed by atoms with Crippen molar-refractivity contribution < 1.29 is 14.3 Å². The summed E-state index contributed by atoms with van der Waals surface area (Å²) in [6.07, 6.45) is 1.40. The van der Waals surface area contributed by atoms with Crippen molar-refractivity contribution in [2.45, 2.75) is 18.1 Å². The minimum absolute atomic E-state index is 0.188. The van der Waals surface area contributed by atoms with Crippen LogP contribution in [0, 0.1) is 0 Å². The fraction of sp³-hybridized carbons (Fsp3) is 0.500. The van der Waals surface area contributed by atoms with Crippen molar-refractivity contribution in [2.75, 3.05) is 26.3 Å². The van der Waals surface area contributed by atoms with Gasteiger partial charge in [-0.2, -0.15) is 12.6 Å². The highest BCUT2D eigenvalue weighted by Gasteiger charge is 2.26. The maximum Gasteiger partial charge on any atom is 0.223 e. The largest absolute Gasteiger partial charge is 0.486 e. The summed E-state index contributed by atoms with van der Waals surface area (Å²) < 4.78 is 11.0. The molecular formula is C14H17NO3S. The number of carbonyl (C=O) groups excluding carboxylic acids is 1. The van der Waals surface area contributed by atoms with Crippen LogP contribution in [0.15, 0.2) is 18.2 Å². The highest BCUT2D eigenvalue weighted by Crippen LogP contribution is 2.31. The first kappa shape index (κ1) is 12.7. The average molecular weight is 279 g/mol. The van der Waals surface area contributed by atoms with Crippen molar-refractivity contribution in [1.82, 2.24) is 4.90 Å². The molecule has 1 fully saturated rings. The molecule has 0 aliphatic carbocycles. The third-order valence-electron chi connectivity index (χ3n) is 3.47. The van der Waals surface area contributed by atoms with E-state index in [1.54, 1.807) is 0 Å². The lowest BCUT2D eigenvalue weighted by Crippen LogP contribution is -2.27. The van der Waals surface area contributed by atoms with Gasteiger partial charge in [-0.3, -0.25) is 4.79 Å². The number of benzene rings is 1. The molecule has 1 atom stereocenters. The number of rotatable bonds is 3. The molecule has 19 heavy (non-hydrogen) atoms. The van der Waals surface area contributed by atoms with Gasteiger partial charge in [0.25, 0.3) is 0 Å². The molecule has 0 aromatic heterocycles. The predicted octanol–water partition coefficient (Wildman–Crippen LogP) is 1.53. The van der Waals surface area contributed by atoms with Crippen LogP contribution in [0.25, 0.3) is 0 Å². The van der Waals surface area contributed by atoms with Crippen LogP contribution in [0.5, 0.6) is 11.5 Å². The number of hydrogen-bond donors (Lipinski definition) is 1. The van der Waals surface area contributed by atoms with Crippen molar-refractivity contribution in [3.8, 4) is 11.5 Å². The molecule has 0 spiro atoms. The minimum atomic E-state index is 0.188. The predicted molar refractivity (Wildman–Crippen MR) is 75.1 cm³/mol. The van der Waals surface area contributed by atoms with E-state index in [1.165, 1.54) is 5.56 Å². The second kappa shape index (κ2) is 5.33. The molecule has 3 rings (SSSR count). The Kier molecular flexibility index (Phi) is 3.55. The molecule has 2 heterocycles. The summed E-state index contributed by atoms with van der Waals surface area (Å²) in [6.45, 7) is 2.71. The van der Waals surface area contributed by atoms with Crippen molar-refractivity contribution in [2.24, 2.45) is 0 Å². The average Bonchev–Trinajstić information content (AvgIpc) is 2.74. The number of nitrogens with zero attached hydrogens (tertiary/aromatic N) is 1. The highest BCUT2D eigenvalue weighted by molar-refractivity contribution is 7.81. The molecule has 1 aromatic carbocycles. The zero-order chi connectivity index (χ0) is 13.2. The molecule has 0 N–H and O–H groups in total. The van der Waals surface area contributed by atoms with Gasteiger partial charge in [-0.25, -0.2) is 0 Å². The first-order valence-corrected chi connectivity index (χ1v) is 7.08. The number of thiol groups is 1. The van der Waals surface area contributed by atoms with Crippen LogP contribution in [0.2, 0.25) is 0 Å². The van der Waals surface area contributed by atoms with Crippen LogP contribution in [-0.4, -0.2) is 42.4 Å². The van der Waals surface area contributed by atoms with Gasteiger partial charge < -0.3 is 14.4 Å². The number of hydrogen-bond acceptors (Lipinski definition) is 4. The quantitative estimate of drug-likeness (QED) is 0.853. The Morgan fingerprint density at radius 3 is 2.79 bits per heavy atom. The van der Waals surface area contributed by atoms with E-state index in [4.69, 9.17) is 9.47 Å². The molecule has 1 aromatic rings. The second-order valence-corrected chi connectivity index (χ2v) is 5.66. The Labute approximate surface area is 118 Å². The molecule has 0 radical (unpaired) electrons. The lowest BCUT2D eigenvalue weighted by atomic mass is 10.1. The SMILES string of the molecule is O=C1CC(S)CN1CCc1ccc2c(c1)OCCO2. The lowest BCUT2D eigenvalue weighted by Gasteiger charge is -2.20. The molecular weight excluding hydrogens is 262 g/mol. The lowest BCUT2D eigenvalue weighted by molar-refractivity contribution is -0.127. The number of fused-ring (bicyclic) bond motifs is 1. The summed E-state index contributed by atoms with van der Waals surface area (Å²) in [5, 5.41) is 0.188. The summed E-state index contributed by atoms with van der Waals surface area (Å²) in [5.41, 5.74) is 1.17. The summed E-state index contributed by atoms with van der Waals surface area (Å²) in [4.78, 5) is 13.6. The minimum Gasteiger partial charge on any atom is -0.486 e. The van der Waals surface area contributed by atoms with Gasteiger partial charge in [-0.1, -0.05) is 6.07 Å². The standard InChI is InChI=1S/C14H17NO3S/c16-14-8-11(19)9-15(14)4-3-10-1-2-12-13(7-10)18-6-5-17-12/h1-2,7,11,19H,3-6,8-9H2. The van der Waals surface area contributed by atoms with Crippen molar-refractivity contribution in [1.29, 1.82) is 0 Å². The van der Waals surface area contributed by atoms with Gasteiger partial charge in [0, 0.05) is 24.8 Å². The fourth-order valence-electron chi connectivity index (χ4n) is 2.47. The maximum atomic E-state index is 11.7. The first-order chi connectivity index (χ1) is 9.22. The normalized spacial score (nSPS) is 21.8. The summed E-state index contributed by atoms with van der Waals surface area (Å²) >= 11 is 4.36. The Morgan fingerprint density at radius 1 is 1.26 bits per heavy atom. The van der Waals surface area contributed by atoms with Crippen molar-refractivity contribution in [3.05, 3.63) is 23.8 Å². The Balaban J connectivity index is 1.62. The number of amides is 1.